The molecule has 0 aliphatic heterocycles. The molecule has 1 N–H and O–H groups in total. The molecule has 0 saturated heterocycles. The Morgan fingerprint density at radius 1 is 0.760 bits per heavy atom. The normalized spacial score (nSPS) is 11.7. The van der Waals surface area contributed by atoms with Crippen LogP contribution in [0.1, 0.15) is 1.43 Å². The van der Waals surface area contributed by atoms with Crippen molar-refractivity contribution in [2.24, 2.45) is 0 Å². The van der Waals surface area contributed by atoms with Gasteiger partial charge in [0.25, 0.3) is 10.1 Å². The van der Waals surface area contributed by atoms with Gasteiger partial charge in [0.15, 0.2) is 5.75 Å². The van der Waals surface area contributed by atoms with Gasteiger partial charge >= 0.3 is 39.7 Å². The molecule has 0 fully saturated rings. The molecule has 0 radical (unpaired) electrons. The van der Waals surface area contributed by atoms with E-state index in [4.69, 9.17) is 4.18 Å². The van der Waals surface area contributed by atoms with Gasteiger partial charge < -0.3 is 5.61 Å². The van der Waals surface area contributed by atoms with Crippen molar-refractivity contribution in [1.82, 2.24) is 0 Å². The van der Waals surface area contributed by atoms with Gasteiger partial charge in [-0.1, -0.05) is 48.5 Å². The van der Waals surface area contributed by atoms with Gasteiger partial charge in [0.2, 0.25) is 0 Å². The summed E-state index contributed by atoms with van der Waals surface area (Å²) < 4.78 is 62.2. The number of fused-ring (bicyclic) bond motifs is 1. The second kappa shape index (κ2) is 7.45. The monoisotopic (exact) mass is 388 g/mol. The maximum absolute atomic E-state index is 12.5. The van der Waals surface area contributed by atoms with Crippen LogP contribution >= 0.6 is 0 Å². The average Bonchev–Trinajstić information content (AvgIpc) is 2.54. The van der Waals surface area contributed by atoms with Crippen molar-refractivity contribution in [2.75, 3.05) is 0 Å². The molecule has 6 nitrogen and oxygen atoms in total. The van der Waals surface area contributed by atoms with Crippen molar-refractivity contribution >= 4 is 31.0 Å². The van der Waals surface area contributed by atoms with Crippen molar-refractivity contribution in [3.8, 4) is 5.75 Å². The Hall–Kier alpha value is -1.42. The van der Waals surface area contributed by atoms with Crippen molar-refractivity contribution in [3.05, 3.63) is 66.7 Å². The first kappa shape index (κ1) is 19.9. The SMILES string of the molecule is O=S(=O)(O)c1ccccc1S(=O)(=O)Oc1cccc2ccccc12.[H-].[Na+]. The largest absolute Gasteiger partial charge is 1.00 e. The van der Waals surface area contributed by atoms with Gasteiger partial charge in [-0.3, -0.25) is 4.55 Å². The van der Waals surface area contributed by atoms with Crippen molar-refractivity contribution in [1.29, 1.82) is 0 Å². The van der Waals surface area contributed by atoms with E-state index in [0.29, 0.717) is 5.39 Å². The van der Waals surface area contributed by atoms with E-state index in [-0.39, 0.29) is 36.7 Å². The Balaban J connectivity index is 0.00000169. The summed E-state index contributed by atoms with van der Waals surface area (Å²) in [4.78, 5) is -1.36. The summed E-state index contributed by atoms with van der Waals surface area (Å²) in [6, 6.07) is 16.6. The third-order valence-corrected chi connectivity index (χ3v) is 5.68. The van der Waals surface area contributed by atoms with Crippen LogP contribution in [0, 0.1) is 0 Å². The van der Waals surface area contributed by atoms with Crippen LogP contribution in [-0.4, -0.2) is 21.4 Å². The first-order chi connectivity index (χ1) is 11.3. The second-order valence-corrected chi connectivity index (χ2v) is 7.84. The van der Waals surface area contributed by atoms with E-state index in [2.05, 4.69) is 0 Å². The molecule has 3 rings (SSSR count). The topological polar surface area (TPSA) is 97.7 Å². The van der Waals surface area contributed by atoms with Crippen molar-refractivity contribution in [3.63, 3.8) is 0 Å². The van der Waals surface area contributed by atoms with Gasteiger partial charge in [0.1, 0.15) is 9.79 Å². The predicted molar refractivity (Wildman–Crippen MR) is 89.1 cm³/mol. The van der Waals surface area contributed by atoms with Crippen molar-refractivity contribution < 1.29 is 56.6 Å². The summed E-state index contributed by atoms with van der Waals surface area (Å²) in [7, 11) is -9.17. The summed E-state index contributed by atoms with van der Waals surface area (Å²) in [5.74, 6) is 0.0678. The molecule has 0 aliphatic rings. The van der Waals surface area contributed by atoms with E-state index in [1.165, 1.54) is 18.2 Å². The van der Waals surface area contributed by atoms with Crippen LogP contribution in [0.15, 0.2) is 76.5 Å². The number of benzene rings is 3. The summed E-state index contributed by atoms with van der Waals surface area (Å²) in [5, 5.41) is 1.33. The Kier molecular flexibility index (Phi) is 5.93. The molecule has 0 spiro atoms. The molecule has 0 bridgehead atoms. The Labute approximate surface area is 169 Å². The van der Waals surface area contributed by atoms with Crippen LogP contribution in [0.4, 0.5) is 0 Å². The molecular formula is C16H13NaO6S2. The summed E-state index contributed by atoms with van der Waals surface area (Å²) >= 11 is 0. The minimum absolute atomic E-state index is 0. The third kappa shape index (κ3) is 4.22. The van der Waals surface area contributed by atoms with E-state index < -0.39 is 30.0 Å². The molecule has 0 amide bonds. The smallest absolute Gasteiger partial charge is 1.00 e. The van der Waals surface area contributed by atoms with Crippen LogP contribution in [0.2, 0.25) is 0 Å². The maximum atomic E-state index is 12.5. The number of hydrogen-bond acceptors (Lipinski definition) is 5. The van der Waals surface area contributed by atoms with Gasteiger partial charge in [-0.25, -0.2) is 0 Å². The Bertz CT molecular complexity index is 1120. The molecule has 0 heterocycles. The molecule has 3 aromatic carbocycles. The summed E-state index contributed by atoms with van der Waals surface area (Å²) in [6.07, 6.45) is 0. The molecule has 0 unspecified atom stereocenters. The molecule has 0 saturated carbocycles. The third-order valence-electron chi connectivity index (χ3n) is 3.35. The van der Waals surface area contributed by atoms with Gasteiger partial charge in [-0.05, 0) is 23.6 Å². The van der Waals surface area contributed by atoms with Crippen LogP contribution in [0.3, 0.4) is 0 Å². The molecule has 126 valence electrons. The van der Waals surface area contributed by atoms with E-state index >= 15 is 0 Å². The van der Waals surface area contributed by atoms with E-state index in [9.17, 15) is 21.4 Å². The molecule has 0 atom stereocenters. The van der Waals surface area contributed by atoms with E-state index in [0.717, 1.165) is 17.5 Å². The molecule has 9 heteroatoms. The molecular weight excluding hydrogens is 375 g/mol. The number of hydrogen-bond donors (Lipinski definition) is 1. The zero-order chi connectivity index (χ0) is 17.4. The van der Waals surface area contributed by atoms with Crippen LogP contribution in [-0.2, 0) is 20.2 Å². The number of rotatable bonds is 4. The predicted octanol–water partition coefficient (Wildman–Crippen LogP) is -0.0293. The van der Waals surface area contributed by atoms with Crippen molar-refractivity contribution in [2.45, 2.75) is 9.79 Å². The molecule has 25 heavy (non-hydrogen) atoms. The minimum atomic E-state index is -4.71. The van der Waals surface area contributed by atoms with Crippen LogP contribution in [0.5, 0.6) is 5.75 Å². The Morgan fingerprint density at radius 3 is 2.00 bits per heavy atom. The van der Waals surface area contributed by atoms with Gasteiger partial charge in [-0.2, -0.15) is 16.8 Å². The van der Waals surface area contributed by atoms with Crippen LogP contribution < -0.4 is 33.7 Å². The summed E-state index contributed by atoms with van der Waals surface area (Å²) in [6.45, 7) is 0. The van der Waals surface area contributed by atoms with Crippen LogP contribution in [0.25, 0.3) is 10.8 Å². The average molecular weight is 388 g/mol. The van der Waals surface area contributed by atoms with Gasteiger partial charge in [0, 0.05) is 5.39 Å². The first-order valence-corrected chi connectivity index (χ1v) is 9.63. The molecule has 0 aliphatic carbocycles. The summed E-state index contributed by atoms with van der Waals surface area (Å²) in [5.41, 5.74) is 0. The fourth-order valence-electron chi connectivity index (χ4n) is 2.30. The second-order valence-electron chi connectivity index (χ2n) is 4.94. The Morgan fingerprint density at radius 2 is 1.32 bits per heavy atom. The van der Waals surface area contributed by atoms with Gasteiger partial charge in [0.05, 0.1) is 0 Å². The maximum Gasteiger partial charge on any atom is 1.00 e. The van der Waals surface area contributed by atoms with Gasteiger partial charge in [-0.15, -0.1) is 0 Å². The zero-order valence-electron chi connectivity index (χ0n) is 14.2. The zero-order valence-corrected chi connectivity index (χ0v) is 16.8. The fraction of sp³-hybridized carbons (Fsp3) is 0. The minimum Gasteiger partial charge on any atom is -1.00 e. The first-order valence-electron chi connectivity index (χ1n) is 6.78. The fourth-order valence-corrected chi connectivity index (χ4v) is 4.53. The van der Waals surface area contributed by atoms with E-state index in [1.54, 1.807) is 36.4 Å². The van der Waals surface area contributed by atoms with E-state index in [1.807, 2.05) is 0 Å². The standard InChI is InChI=1S/C16H12O6S2.Na.H/c17-23(18,19)15-10-3-4-11-16(15)24(20,21)22-14-9-5-7-12-6-1-2-8-13(12)14;;/h1-11H,(H,17,18,19);;/q;+1;-1. The quantitative estimate of drug-likeness (QED) is 0.383. The molecule has 3 aromatic rings. The molecule has 0 aromatic heterocycles.